The lowest BCUT2D eigenvalue weighted by molar-refractivity contribution is -0.113. The lowest BCUT2D eigenvalue weighted by Gasteiger charge is -2.13. The number of carbonyl (C=O) groups is 3. The van der Waals surface area contributed by atoms with Gasteiger partial charge in [0.1, 0.15) is 5.70 Å². The summed E-state index contributed by atoms with van der Waals surface area (Å²) in [5.74, 6) is -0.502. The van der Waals surface area contributed by atoms with Crippen molar-refractivity contribution in [2.75, 3.05) is 11.1 Å². The molecule has 0 saturated heterocycles. The molecule has 0 heterocycles. The number of benzene rings is 5. The third-order valence-corrected chi connectivity index (χ3v) is 8.59. The van der Waals surface area contributed by atoms with E-state index in [0.29, 0.717) is 16.8 Å². The zero-order valence-electron chi connectivity index (χ0n) is 24.2. The van der Waals surface area contributed by atoms with E-state index in [1.807, 2.05) is 85.8 Å². The van der Waals surface area contributed by atoms with Crippen LogP contribution in [-0.2, 0) is 11.2 Å². The summed E-state index contributed by atoms with van der Waals surface area (Å²) in [5, 5.41) is 5.70. The largest absolute Gasteiger partial charge is 0.321 e. The van der Waals surface area contributed by atoms with E-state index in [9.17, 15) is 14.4 Å². The van der Waals surface area contributed by atoms with Crippen molar-refractivity contribution in [3.8, 4) is 11.1 Å². The molecule has 0 aliphatic heterocycles. The van der Waals surface area contributed by atoms with Crippen LogP contribution in [-0.4, -0.2) is 23.4 Å². The summed E-state index contributed by atoms with van der Waals surface area (Å²) in [7, 11) is 0. The van der Waals surface area contributed by atoms with E-state index in [0.717, 1.165) is 22.4 Å². The van der Waals surface area contributed by atoms with Crippen molar-refractivity contribution < 1.29 is 14.4 Å². The molecule has 1 aliphatic carbocycles. The van der Waals surface area contributed by atoms with E-state index in [1.54, 1.807) is 36.4 Å². The van der Waals surface area contributed by atoms with Gasteiger partial charge >= 0.3 is 0 Å². The molecular formula is C38H30N2O3S. The number of rotatable bonds is 9. The molecule has 5 aromatic rings. The van der Waals surface area contributed by atoms with Crippen molar-refractivity contribution in [3.05, 3.63) is 160 Å². The van der Waals surface area contributed by atoms with Gasteiger partial charge < -0.3 is 10.6 Å². The smallest absolute Gasteiger partial charge is 0.272 e. The van der Waals surface area contributed by atoms with Crippen LogP contribution < -0.4 is 10.6 Å². The first-order valence-corrected chi connectivity index (χ1v) is 15.4. The molecule has 0 radical (unpaired) electrons. The summed E-state index contributed by atoms with van der Waals surface area (Å²) in [6, 6.07) is 38.1. The summed E-state index contributed by atoms with van der Waals surface area (Å²) >= 11 is 1.42. The second-order valence-electron chi connectivity index (χ2n) is 10.6. The number of nitrogens with one attached hydrogen (secondary N) is 2. The highest BCUT2D eigenvalue weighted by atomic mass is 32.2. The Morgan fingerprint density at radius 2 is 1.48 bits per heavy atom. The quantitative estimate of drug-likeness (QED) is 0.101. The van der Waals surface area contributed by atoms with Gasteiger partial charge in [-0.1, -0.05) is 84.9 Å². The van der Waals surface area contributed by atoms with Crippen LogP contribution in [0.2, 0.25) is 0 Å². The molecule has 5 nitrogen and oxygen atoms in total. The van der Waals surface area contributed by atoms with Crippen molar-refractivity contribution >= 4 is 41.1 Å². The Morgan fingerprint density at radius 1 is 0.727 bits per heavy atom. The van der Waals surface area contributed by atoms with E-state index in [2.05, 4.69) is 22.8 Å². The molecule has 0 unspecified atom stereocenters. The van der Waals surface area contributed by atoms with Gasteiger partial charge in [-0.2, -0.15) is 0 Å². The molecule has 216 valence electrons. The zero-order chi connectivity index (χ0) is 30.5. The Bertz CT molecular complexity index is 1910. The average molecular weight is 595 g/mol. The minimum atomic E-state index is -0.449. The van der Waals surface area contributed by atoms with Gasteiger partial charge in [0.2, 0.25) is 0 Å². The Balaban J connectivity index is 1.14. The SMILES string of the molecule is Cc1ccccc1/C=C(\NC(=O)c1ccccc1)C(=O)Nc1cccc(SCC(=O)c2ccc3c(c2)Cc2ccccc2-3)c1. The molecule has 6 heteroatoms. The van der Waals surface area contributed by atoms with E-state index < -0.39 is 5.91 Å². The molecule has 0 saturated carbocycles. The van der Waals surface area contributed by atoms with Crippen molar-refractivity contribution in [2.24, 2.45) is 0 Å². The van der Waals surface area contributed by atoms with Crippen LogP contribution in [0.1, 0.15) is 43.0 Å². The number of anilines is 1. The van der Waals surface area contributed by atoms with Crippen LogP contribution in [0, 0.1) is 6.92 Å². The number of fused-ring (bicyclic) bond motifs is 3. The van der Waals surface area contributed by atoms with Gasteiger partial charge in [-0.25, -0.2) is 0 Å². The third kappa shape index (κ3) is 6.56. The average Bonchev–Trinajstić information content (AvgIpc) is 3.43. The summed E-state index contributed by atoms with van der Waals surface area (Å²) < 4.78 is 0. The molecule has 2 N–H and O–H groups in total. The number of aryl methyl sites for hydroxylation is 1. The molecule has 0 spiro atoms. The molecule has 6 rings (SSSR count). The number of carbonyl (C=O) groups excluding carboxylic acids is 3. The van der Waals surface area contributed by atoms with E-state index in [1.165, 1.54) is 34.0 Å². The maximum Gasteiger partial charge on any atom is 0.272 e. The van der Waals surface area contributed by atoms with Crippen LogP contribution in [0.4, 0.5) is 5.69 Å². The number of hydrogen-bond donors (Lipinski definition) is 2. The fourth-order valence-electron chi connectivity index (χ4n) is 5.26. The van der Waals surface area contributed by atoms with Gasteiger partial charge in [0.25, 0.3) is 11.8 Å². The molecule has 44 heavy (non-hydrogen) atoms. The highest BCUT2D eigenvalue weighted by Gasteiger charge is 2.20. The fraction of sp³-hybridized carbons (Fsp3) is 0.0789. The molecule has 0 aromatic heterocycles. The first-order valence-electron chi connectivity index (χ1n) is 14.4. The normalized spacial score (nSPS) is 11.8. The van der Waals surface area contributed by atoms with Crippen molar-refractivity contribution in [1.29, 1.82) is 0 Å². The van der Waals surface area contributed by atoms with E-state index in [-0.39, 0.29) is 23.1 Å². The maximum atomic E-state index is 13.5. The minimum Gasteiger partial charge on any atom is -0.321 e. The standard InChI is InChI=1S/C38H30N2O3S/c1-25-10-5-6-13-27(25)22-35(40-37(42)26-11-3-2-4-12-26)38(43)39-31-15-9-16-32(23-31)44-24-36(41)29-18-19-34-30(21-29)20-28-14-7-8-17-33(28)34/h2-19,21-23H,20,24H2,1H3,(H,39,43)(H,40,42)/b35-22-. The second kappa shape index (κ2) is 13.0. The summed E-state index contributed by atoms with van der Waals surface area (Å²) in [5.41, 5.74) is 8.55. The number of Topliss-reactive ketones (excluding diaryl/α,β-unsaturated/α-hetero) is 1. The lowest BCUT2D eigenvalue weighted by Crippen LogP contribution is -2.30. The Morgan fingerprint density at radius 3 is 2.32 bits per heavy atom. The fourth-order valence-corrected chi connectivity index (χ4v) is 6.11. The first kappa shape index (κ1) is 28.9. The first-order chi connectivity index (χ1) is 21.4. The summed E-state index contributed by atoms with van der Waals surface area (Å²) in [6.45, 7) is 1.95. The molecular weight excluding hydrogens is 564 g/mol. The van der Waals surface area contributed by atoms with E-state index >= 15 is 0 Å². The Hall–Kier alpha value is -5.20. The van der Waals surface area contributed by atoms with Crippen LogP contribution in [0.25, 0.3) is 17.2 Å². The molecule has 0 fully saturated rings. The van der Waals surface area contributed by atoms with Gasteiger partial charge in [0, 0.05) is 21.7 Å². The van der Waals surface area contributed by atoms with Gasteiger partial charge in [0.05, 0.1) is 5.75 Å². The van der Waals surface area contributed by atoms with Crippen LogP contribution in [0.15, 0.2) is 132 Å². The lowest BCUT2D eigenvalue weighted by atomic mass is 10.0. The monoisotopic (exact) mass is 594 g/mol. The Kier molecular flexibility index (Phi) is 8.52. The zero-order valence-corrected chi connectivity index (χ0v) is 25.0. The number of hydrogen-bond acceptors (Lipinski definition) is 4. The highest BCUT2D eigenvalue weighted by molar-refractivity contribution is 8.00. The predicted octanol–water partition coefficient (Wildman–Crippen LogP) is 7.95. The van der Waals surface area contributed by atoms with Crippen LogP contribution in [0.5, 0.6) is 0 Å². The second-order valence-corrected chi connectivity index (χ2v) is 11.7. The van der Waals surface area contributed by atoms with Crippen molar-refractivity contribution in [2.45, 2.75) is 18.2 Å². The van der Waals surface area contributed by atoms with Crippen molar-refractivity contribution in [3.63, 3.8) is 0 Å². The maximum absolute atomic E-state index is 13.5. The summed E-state index contributed by atoms with van der Waals surface area (Å²) in [4.78, 5) is 40.4. The van der Waals surface area contributed by atoms with Crippen LogP contribution >= 0.6 is 11.8 Å². The summed E-state index contributed by atoms with van der Waals surface area (Å²) in [6.07, 6.45) is 2.52. The minimum absolute atomic E-state index is 0.0512. The van der Waals surface area contributed by atoms with Gasteiger partial charge in [-0.3, -0.25) is 14.4 Å². The van der Waals surface area contributed by atoms with Gasteiger partial charge in [-0.15, -0.1) is 11.8 Å². The Labute approximate surface area is 261 Å². The number of ketones is 1. The van der Waals surface area contributed by atoms with Crippen LogP contribution in [0.3, 0.4) is 0 Å². The highest BCUT2D eigenvalue weighted by Crippen LogP contribution is 2.37. The van der Waals surface area contributed by atoms with Gasteiger partial charge in [-0.05, 0) is 89.2 Å². The van der Waals surface area contributed by atoms with Gasteiger partial charge in [0.15, 0.2) is 5.78 Å². The number of thioether (sulfide) groups is 1. The number of amides is 2. The molecule has 5 aromatic carbocycles. The molecule has 1 aliphatic rings. The molecule has 0 atom stereocenters. The van der Waals surface area contributed by atoms with E-state index in [4.69, 9.17) is 0 Å². The topological polar surface area (TPSA) is 75.3 Å². The predicted molar refractivity (Wildman–Crippen MR) is 178 cm³/mol. The molecule has 0 bridgehead atoms. The van der Waals surface area contributed by atoms with Crippen molar-refractivity contribution in [1.82, 2.24) is 5.32 Å². The third-order valence-electron chi connectivity index (χ3n) is 7.59. The molecule has 2 amide bonds.